The third kappa shape index (κ3) is 2.95. The smallest absolute Gasteiger partial charge is 0.204 e. The van der Waals surface area contributed by atoms with Gasteiger partial charge >= 0.3 is 0 Å². The molecule has 5 N–H and O–H groups in total. The Morgan fingerprint density at radius 1 is 1.29 bits per heavy atom. The van der Waals surface area contributed by atoms with E-state index >= 15 is 0 Å². The Bertz CT molecular complexity index is 657. The molecule has 1 heterocycles. The predicted octanol–water partition coefficient (Wildman–Crippen LogP) is -0.776. The predicted molar refractivity (Wildman–Crippen MR) is 77.2 cm³/mol. The molecule has 0 saturated heterocycles. The highest BCUT2D eigenvalue weighted by Gasteiger charge is 2.22. The van der Waals surface area contributed by atoms with E-state index in [1.165, 1.54) is 16.8 Å². The molecule has 0 aromatic carbocycles. The van der Waals surface area contributed by atoms with Crippen LogP contribution >= 0.6 is 0 Å². The number of aliphatic hydroxyl groups is 1. The fourth-order valence-electron chi connectivity index (χ4n) is 1.95. The molecule has 0 unspecified atom stereocenters. The number of hydrogen-bond acceptors (Lipinski definition) is 7. The van der Waals surface area contributed by atoms with Gasteiger partial charge in [0.05, 0.1) is 23.7 Å². The molecule has 8 heteroatoms. The summed E-state index contributed by atoms with van der Waals surface area (Å²) in [6.45, 7) is 1.83. The highest BCUT2D eigenvalue weighted by atomic mass is 16.3. The van der Waals surface area contributed by atoms with E-state index in [4.69, 9.17) is 10.8 Å². The molecule has 0 bridgehead atoms. The van der Waals surface area contributed by atoms with Crippen LogP contribution in [0.25, 0.3) is 0 Å². The van der Waals surface area contributed by atoms with Crippen molar-refractivity contribution < 1.29 is 14.7 Å². The summed E-state index contributed by atoms with van der Waals surface area (Å²) in [5.41, 5.74) is 7.29. The number of nitrogen functional groups attached to an aromatic ring is 1. The Balaban J connectivity index is 2.19. The van der Waals surface area contributed by atoms with E-state index in [1.807, 2.05) is 0 Å². The molecule has 0 amide bonds. The minimum atomic E-state index is -0.349. The van der Waals surface area contributed by atoms with Crippen molar-refractivity contribution in [3.63, 3.8) is 0 Å². The molecular formula is C13H17N5O3. The number of carbonyl (C=O) groups excluding carboxylic acids is 2. The number of aromatic nitrogens is 2. The highest BCUT2D eigenvalue weighted by molar-refractivity contribution is 6.20. The Morgan fingerprint density at radius 2 is 1.90 bits per heavy atom. The van der Waals surface area contributed by atoms with E-state index < -0.39 is 0 Å². The molecule has 1 aliphatic rings. The van der Waals surface area contributed by atoms with E-state index in [0.717, 1.165) is 0 Å². The third-order valence-corrected chi connectivity index (χ3v) is 3.04. The number of carbonyl (C=O) groups is 2. The van der Waals surface area contributed by atoms with E-state index in [1.54, 1.807) is 14.0 Å². The number of aliphatic hydroxyl groups excluding tert-OH is 1. The SMILES string of the molecule is Cc1nn(C)c(N)c1NC1=CC(=O)C(NCCO)=CC1=O. The van der Waals surface area contributed by atoms with Crippen LogP contribution in [0.2, 0.25) is 0 Å². The van der Waals surface area contributed by atoms with Gasteiger partial charge in [0.1, 0.15) is 11.5 Å². The molecule has 1 aliphatic carbocycles. The maximum Gasteiger partial charge on any atom is 0.204 e. The Labute approximate surface area is 121 Å². The van der Waals surface area contributed by atoms with Crippen LogP contribution in [-0.2, 0) is 16.6 Å². The van der Waals surface area contributed by atoms with Crippen LogP contribution in [0.15, 0.2) is 23.5 Å². The standard InChI is InChI=1S/C13H17N5O3/c1-7-12(13(14)18(2)17-7)16-9-6-10(20)8(5-11(9)21)15-3-4-19/h5-6,15-16,19H,3-4,14H2,1-2H3. The van der Waals surface area contributed by atoms with Crippen LogP contribution < -0.4 is 16.4 Å². The molecule has 8 nitrogen and oxygen atoms in total. The zero-order chi connectivity index (χ0) is 15.6. The van der Waals surface area contributed by atoms with Gasteiger partial charge in [-0.3, -0.25) is 14.3 Å². The molecule has 2 rings (SSSR count). The number of nitrogens with two attached hydrogens (primary N) is 1. The number of hydrogen-bond donors (Lipinski definition) is 4. The quantitative estimate of drug-likeness (QED) is 0.525. The van der Waals surface area contributed by atoms with Gasteiger partial charge in [-0.2, -0.15) is 5.10 Å². The molecule has 0 radical (unpaired) electrons. The minimum Gasteiger partial charge on any atom is -0.395 e. The maximum absolute atomic E-state index is 12.0. The highest BCUT2D eigenvalue weighted by Crippen LogP contribution is 2.24. The average molecular weight is 291 g/mol. The molecule has 21 heavy (non-hydrogen) atoms. The van der Waals surface area contributed by atoms with Gasteiger partial charge in [0.25, 0.3) is 0 Å². The monoisotopic (exact) mass is 291 g/mol. The normalized spacial score (nSPS) is 14.8. The van der Waals surface area contributed by atoms with Crippen LogP contribution in [-0.4, -0.2) is 39.6 Å². The summed E-state index contributed by atoms with van der Waals surface area (Å²) in [7, 11) is 1.69. The molecule has 1 aromatic rings. The lowest BCUT2D eigenvalue weighted by molar-refractivity contribution is -0.115. The molecule has 0 saturated carbocycles. The second kappa shape index (κ2) is 5.80. The number of allylic oxidation sites excluding steroid dienone is 2. The second-order valence-electron chi connectivity index (χ2n) is 4.59. The van der Waals surface area contributed by atoms with Gasteiger partial charge < -0.3 is 21.5 Å². The summed E-state index contributed by atoms with van der Waals surface area (Å²) in [5, 5.41) is 18.4. The number of nitrogens with one attached hydrogen (secondary N) is 2. The first-order valence-electron chi connectivity index (χ1n) is 6.37. The van der Waals surface area contributed by atoms with E-state index in [0.29, 0.717) is 17.2 Å². The number of ketones is 2. The molecule has 0 atom stereocenters. The Hall–Kier alpha value is -2.61. The third-order valence-electron chi connectivity index (χ3n) is 3.04. The first kappa shape index (κ1) is 14.8. The van der Waals surface area contributed by atoms with Crippen molar-refractivity contribution >= 4 is 23.1 Å². The van der Waals surface area contributed by atoms with Crippen molar-refractivity contribution in [2.45, 2.75) is 6.92 Å². The van der Waals surface area contributed by atoms with Crippen molar-refractivity contribution in [2.24, 2.45) is 7.05 Å². The first-order valence-corrected chi connectivity index (χ1v) is 6.37. The maximum atomic E-state index is 12.0. The Kier molecular flexibility index (Phi) is 4.08. The van der Waals surface area contributed by atoms with Gasteiger partial charge in [-0.15, -0.1) is 0 Å². The van der Waals surface area contributed by atoms with Crippen LogP contribution in [0.5, 0.6) is 0 Å². The molecule has 0 fully saturated rings. The summed E-state index contributed by atoms with van der Waals surface area (Å²) < 4.78 is 1.48. The average Bonchev–Trinajstić information content (AvgIpc) is 2.67. The van der Waals surface area contributed by atoms with E-state index in [2.05, 4.69) is 15.7 Å². The van der Waals surface area contributed by atoms with Crippen LogP contribution in [0.3, 0.4) is 0 Å². The summed E-state index contributed by atoms with van der Waals surface area (Å²) >= 11 is 0. The lowest BCUT2D eigenvalue weighted by atomic mass is 10.1. The molecule has 0 aliphatic heterocycles. The number of anilines is 2. The van der Waals surface area contributed by atoms with Crippen LogP contribution in [0.4, 0.5) is 11.5 Å². The zero-order valence-electron chi connectivity index (χ0n) is 11.8. The number of nitrogens with zero attached hydrogens (tertiary/aromatic N) is 2. The van der Waals surface area contributed by atoms with Gasteiger partial charge in [0.2, 0.25) is 11.6 Å². The lowest BCUT2D eigenvalue weighted by Crippen LogP contribution is -2.28. The van der Waals surface area contributed by atoms with E-state index in [-0.39, 0.29) is 36.1 Å². The van der Waals surface area contributed by atoms with Crippen molar-refractivity contribution in [3.8, 4) is 0 Å². The fraction of sp³-hybridized carbons (Fsp3) is 0.308. The van der Waals surface area contributed by atoms with Crippen molar-refractivity contribution in [3.05, 3.63) is 29.2 Å². The van der Waals surface area contributed by atoms with Crippen LogP contribution in [0.1, 0.15) is 5.69 Å². The van der Waals surface area contributed by atoms with Gasteiger partial charge in [-0.05, 0) is 6.92 Å². The van der Waals surface area contributed by atoms with Gasteiger partial charge in [-0.25, -0.2) is 0 Å². The minimum absolute atomic E-state index is 0.126. The molecule has 112 valence electrons. The van der Waals surface area contributed by atoms with Gasteiger partial charge in [0, 0.05) is 25.7 Å². The molecule has 0 spiro atoms. The first-order chi connectivity index (χ1) is 9.93. The molecule has 1 aromatic heterocycles. The summed E-state index contributed by atoms with van der Waals surface area (Å²) in [6.07, 6.45) is 2.40. The van der Waals surface area contributed by atoms with Gasteiger partial charge in [0.15, 0.2) is 0 Å². The summed E-state index contributed by atoms with van der Waals surface area (Å²) in [6, 6.07) is 0. The Morgan fingerprint density at radius 3 is 2.48 bits per heavy atom. The van der Waals surface area contributed by atoms with E-state index in [9.17, 15) is 9.59 Å². The van der Waals surface area contributed by atoms with Crippen molar-refractivity contribution in [1.82, 2.24) is 15.1 Å². The fourth-order valence-corrected chi connectivity index (χ4v) is 1.95. The van der Waals surface area contributed by atoms with Gasteiger partial charge in [-0.1, -0.05) is 0 Å². The lowest BCUT2D eigenvalue weighted by Gasteiger charge is -2.15. The van der Waals surface area contributed by atoms with Crippen molar-refractivity contribution in [2.75, 3.05) is 24.2 Å². The number of aryl methyl sites for hydroxylation is 2. The number of rotatable bonds is 5. The van der Waals surface area contributed by atoms with Crippen LogP contribution in [0, 0.1) is 6.92 Å². The summed E-state index contributed by atoms with van der Waals surface area (Å²) in [5.74, 6) is -0.315. The second-order valence-corrected chi connectivity index (χ2v) is 4.59. The molecular weight excluding hydrogens is 274 g/mol. The topological polar surface area (TPSA) is 122 Å². The zero-order valence-corrected chi connectivity index (χ0v) is 11.8. The summed E-state index contributed by atoms with van der Waals surface area (Å²) in [4.78, 5) is 23.9. The van der Waals surface area contributed by atoms with Crippen molar-refractivity contribution in [1.29, 1.82) is 0 Å². The largest absolute Gasteiger partial charge is 0.395 e.